The molecular weight excluding hydrogens is 724 g/mol. The Labute approximate surface area is 309 Å². The molecule has 0 bridgehead atoms. The molecule has 1 aliphatic carbocycles. The number of methoxy groups -OCH3 is 1. The normalized spacial score (nSPS) is 31.8. The summed E-state index contributed by atoms with van der Waals surface area (Å²) in [5.41, 5.74) is 0.807. The fraction of sp³-hybridized carbons (Fsp3) is 0.618. The molecule has 2 aliphatic heterocycles. The van der Waals surface area contributed by atoms with Crippen LogP contribution >= 0.6 is 12.2 Å². The molecule has 2 heterocycles. The van der Waals surface area contributed by atoms with E-state index in [2.05, 4.69) is 17.2 Å². The Morgan fingerprint density at radius 1 is 1.21 bits per heavy atom. The van der Waals surface area contributed by atoms with Gasteiger partial charge in [0.1, 0.15) is 42.7 Å². The number of isothiocyanates is 1. The molecule has 0 radical (unpaired) electrons. The summed E-state index contributed by atoms with van der Waals surface area (Å²) in [6, 6.07) is 0. The predicted octanol–water partition coefficient (Wildman–Crippen LogP) is 0.216. The van der Waals surface area contributed by atoms with Gasteiger partial charge in [-0.1, -0.05) is 19.9 Å². The Kier molecular flexibility index (Phi) is 14.9. The summed E-state index contributed by atoms with van der Waals surface area (Å²) in [4.78, 5) is 79.5. The highest BCUT2D eigenvalue weighted by Gasteiger charge is 2.57. The summed E-state index contributed by atoms with van der Waals surface area (Å²) in [6.07, 6.45) is -11.5. The van der Waals surface area contributed by atoms with Crippen molar-refractivity contribution < 1.29 is 77.2 Å². The smallest absolute Gasteiger partial charge is 0.357 e. The number of Topliss-reactive ketones (excluding diaryl/α,β-unsaturated/α-hetero) is 1. The average Bonchev–Trinajstić information content (AvgIpc) is 3.10. The summed E-state index contributed by atoms with van der Waals surface area (Å²) in [5.74, 6) is -7.09. The van der Waals surface area contributed by atoms with Crippen LogP contribution in [0.1, 0.15) is 54.4 Å². The van der Waals surface area contributed by atoms with E-state index in [-0.39, 0.29) is 12.1 Å². The summed E-state index contributed by atoms with van der Waals surface area (Å²) in [7, 11) is 1.29. The van der Waals surface area contributed by atoms with Crippen LogP contribution in [-0.2, 0) is 61.9 Å². The zero-order chi connectivity index (χ0) is 39.9. The van der Waals surface area contributed by atoms with Crippen molar-refractivity contribution in [2.24, 2.45) is 16.6 Å². The monoisotopic (exact) mass is 768 g/mol. The van der Waals surface area contributed by atoms with Gasteiger partial charge in [0.15, 0.2) is 23.7 Å². The largest absolute Gasteiger partial charge is 0.477 e. The minimum atomic E-state index is -2.03. The SMILES string of the molecule is C/C=C(\N=C=S)C(=O)O[C@H]1[C@@H](O[C@H]2C[C@H](OC)[C@@](O)([C@H](C)OC(=O)[C@@H](C)CC)[C@H](C)O2)[C@@H](O)[C@H](C2=CC(=O)C(N)=C(C(=O)O)C2=O)O[C@@H]1COC(C)=O. The molecule has 0 aromatic heterocycles. The topological polar surface area (TPSA) is 266 Å². The van der Waals surface area contributed by atoms with Gasteiger partial charge in [-0.05, 0) is 45.5 Å². The molecule has 11 atom stereocenters. The second-order valence-corrected chi connectivity index (χ2v) is 12.7. The van der Waals surface area contributed by atoms with Gasteiger partial charge in [-0.2, -0.15) is 4.99 Å². The Morgan fingerprint density at radius 3 is 2.42 bits per heavy atom. The summed E-state index contributed by atoms with van der Waals surface area (Å²) in [5, 5.41) is 35.4. The van der Waals surface area contributed by atoms with Gasteiger partial charge in [-0.3, -0.25) is 19.2 Å². The number of hydrogen-bond acceptors (Lipinski definition) is 18. The Bertz CT molecular complexity index is 1620. The van der Waals surface area contributed by atoms with E-state index in [0.717, 1.165) is 6.92 Å². The van der Waals surface area contributed by atoms with Crippen molar-refractivity contribution in [1.82, 2.24) is 0 Å². The first kappa shape index (κ1) is 43.2. The van der Waals surface area contributed by atoms with Crippen LogP contribution in [0.2, 0.25) is 0 Å². The van der Waals surface area contributed by atoms with Crippen molar-refractivity contribution in [1.29, 1.82) is 0 Å². The number of aliphatic hydroxyl groups is 2. The summed E-state index contributed by atoms with van der Waals surface area (Å²) in [6.45, 7) is 8.25. The van der Waals surface area contributed by atoms with E-state index >= 15 is 0 Å². The highest BCUT2D eigenvalue weighted by Crippen LogP contribution is 2.39. The number of ketones is 2. The number of nitrogens with two attached hydrogens (primary N) is 1. The van der Waals surface area contributed by atoms with Crippen molar-refractivity contribution >= 4 is 52.8 Å². The van der Waals surface area contributed by atoms with Crippen LogP contribution in [0.3, 0.4) is 0 Å². The molecule has 0 saturated carbocycles. The molecule has 2 saturated heterocycles. The molecule has 0 unspecified atom stereocenters. The number of rotatable bonds is 14. The number of aliphatic hydroxyl groups excluding tert-OH is 1. The minimum Gasteiger partial charge on any atom is -0.477 e. The van der Waals surface area contributed by atoms with Gasteiger partial charge >= 0.3 is 23.9 Å². The number of allylic oxidation sites excluding steroid dienone is 2. The van der Waals surface area contributed by atoms with Crippen LogP contribution in [0.25, 0.3) is 0 Å². The minimum absolute atomic E-state index is 0.273. The first-order valence-electron chi connectivity index (χ1n) is 16.6. The van der Waals surface area contributed by atoms with E-state index in [1.807, 2.05) is 5.16 Å². The second kappa shape index (κ2) is 18.2. The van der Waals surface area contributed by atoms with Crippen LogP contribution in [-0.4, -0.2) is 130 Å². The molecule has 0 amide bonds. The van der Waals surface area contributed by atoms with Crippen LogP contribution < -0.4 is 5.73 Å². The molecule has 3 aliphatic rings. The number of aliphatic carboxylic acids is 1. The maximum atomic E-state index is 13.4. The third-order valence-corrected chi connectivity index (χ3v) is 9.41. The highest BCUT2D eigenvalue weighted by molar-refractivity contribution is 7.78. The number of esters is 3. The molecule has 0 aromatic carbocycles. The van der Waals surface area contributed by atoms with E-state index in [4.69, 9.17) is 38.9 Å². The fourth-order valence-corrected chi connectivity index (χ4v) is 6.18. The maximum Gasteiger partial charge on any atom is 0.357 e. The Morgan fingerprint density at radius 2 is 1.87 bits per heavy atom. The molecule has 3 rings (SSSR count). The van der Waals surface area contributed by atoms with Crippen LogP contribution in [0, 0.1) is 5.92 Å². The van der Waals surface area contributed by atoms with Crippen LogP contribution in [0.5, 0.6) is 0 Å². The molecule has 53 heavy (non-hydrogen) atoms. The Hall–Kier alpha value is -4.20. The van der Waals surface area contributed by atoms with Gasteiger partial charge in [0.05, 0.1) is 29.0 Å². The molecular formula is C34H44N2O16S. The molecule has 0 aromatic rings. The number of carboxylic acids is 1. The standard InChI is InChI=1S/C34H44N2O16S/c1-8-14(3)32(43)49-16(5)34(45)15(4)48-23(11-22(34)46-7)51-30-27(40)28(18-10-20(38)25(35)24(26(18)39)31(41)42)50-21(12-47-17(6)37)29(30)52-33(44)19(9-2)36-13-53/h9-10,14-16,21-23,27-30,40,45H,8,11-12,35H2,1-7H3,(H,41,42)/b19-9-/t14-,15-,16-,21+,22-,23-,27-,28-,29+,30-,34-/m0/s1. The van der Waals surface area contributed by atoms with Crippen molar-refractivity contribution in [3.05, 3.63) is 34.7 Å². The molecule has 5 N–H and O–H groups in total. The number of nitrogens with zero attached hydrogens (tertiary/aromatic N) is 1. The lowest BCUT2D eigenvalue weighted by atomic mass is 9.81. The quantitative estimate of drug-likeness (QED) is 0.0350. The molecule has 0 spiro atoms. The average molecular weight is 769 g/mol. The third-order valence-electron chi connectivity index (χ3n) is 9.31. The van der Waals surface area contributed by atoms with E-state index < -0.39 is 126 Å². The van der Waals surface area contributed by atoms with E-state index in [9.17, 15) is 44.1 Å². The summed E-state index contributed by atoms with van der Waals surface area (Å²) < 4.78 is 40.2. The number of ether oxygens (including phenoxy) is 7. The number of aliphatic imine (C=N–C) groups is 1. The number of hydrogen-bond donors (Lipinski definition) is 4. The lowest BCUT2D eigenvalue weighted by molar-refractivity contribution is -0.337. The maximum absolute atomic E-state index is 13.4. The fourth-order valence-electron chi connectivity index (χ4n) is 6.08. The first-order valence-corrected chi connectivity index (χ1v) is 17.0. The molecule has 2 fully saturated rings. The Balaban J connectivity index is 2.09. The molecule has 18 nitrogen and oxygen atoms in total. The first-order chi connectivity index (χ1) is 24.9. The third kappa shape index (κ3) is 9.31. The molecule has 292 valence electrons. The number of carboxylic acid groups (broad SMARTS) is 1. The highest BCUT2D eigenvalue weighted by atomic mass is 32.1. The van der Waals surface area contributed by atoms with Crippen molar-refractivity contribution in [2.45, 2.75) is 115 Å². The van der Waals surface area contributed by atoms with Gasteiger partial charge in [-0.15, -0.1) is 0 Å². The number of carbonyl (C=O) groups excluding carboxylic acids is 5. The second-order valence-electron chi connectivity index (χ2n) is 12.6. The van der Waals surface area contributed by atoms with Crippen LogP contribution in [0.4, 0.5) is 0 Å². The number of carbonyl (C=O) groups is 6. The van der Waals surface area contributed by atoms with E-state index in [0.29, 0.717) is 12.5 Å². The lowest BCUT2D eigenvalue weighted by Crippen LogP contribution is -2.67. The lowest BCUT2D eigenvalue weighted by Gasteiger charge is -2.50. The van der Waals surface area contributed by atoms with Crippen molar-refractivity contribution in [3.8, 4) is 0 Å². The summed E-state index contributed by atoms with van der Waals surface area (Å²) >= 11 is 4.61. The van der Waals surface area contributed by atoms with E-state index in [1.54, 1.807) is 13.8 Å². The molecule has 19 heteroatoms. The zero-order valence-electron chi connectivity index (χ0n) is 30.1. The number of thiocarbonyl (C=S) groups is 1. The van der Waals surface area contributed by atoms with Crippen molar-refractivity contribution in [3.63, 3.8) is 0 Å². The van der Waals surface area contributed by atoms with Gasteiger partial charge < -0.3 is 54.2 Å². The van der Waals surface area contributed by atoms with Crippen LogP contribution in [0.15, 0.2) is 39.7 Å². The zero-order valence-corrected chi connectivity index (χ0v) is 30.9. The van der Waals surface area contributed by atoms with Gasteiger partial charge in [0, 0.05) is 26.0 Å². The predicted molar refractivity (Wildman–Crippen MR) is 181 cm³/mol. The van der Waals surface area contributed by atoms with Crippen molar-refractivity contribution in [2.75, 3.05) is 13.7 Å². The van der Waals surface area contributed by atoms with Gasteiger partial charge in [0.25, 0.3) is 0 Å². The van der Waals surface area contributed by atoms with Gasteiger partial charge in [0.2, 0.25) is 11.6 Å². The van der Waals surface area contributed by atoms with Gasteiger partial charge in [-0.25, -0.2) is 9.59 Å². The van der Waals surface area contributed by atoms with E-state index in [1.165, 1.54) is 34.0 Å².